The maximum atomic E-state index is 10.3. The standard InChI is InChI=1S/C4H10N2O4/c1-9-6(4(5)8)10-3-2-7/h7H,2-3H2,1H3,(H2,5,8). The van der Waals surface area contributed by atoms with Crippen molar-refractivity contribution in [3.63, 3.8) is 0 Å². The molecule has 0 spiro atoms. The molecule has 60 valence electrons. The lowest BCUT2D eigenvalue weighted by atomic mass is 10.8. The van der Waals surface area contributed by atoms with Crippen molar-refractivity contribution < 1.29 is 19.6 Å². The minimum absolute atomic E-state index is 0.0310. The highest BCUT2D eigenvalue weighted by atomic mass is 17.0. The van der Waals surface area contributed by atoms with Crippen LogP contribution in [0.2, 0.25) is 0 Å². The Morgan fingerprint density at radius 1 is 1.80 bits per heavy atom. The van der Waals surface area contributed by atoms with E-state index in [0.717, 1.165) is 0 Å². The van der Waals surface area contributed by atoms with Gasteiger partial charge in [0.25, 0.3) is 0 Å². The first-order chi connectivity index (χ1) is 4.72. The Morgan fingerprint density at radius 3 is 2.70 bits per heavy atom. The minimum atomic E-state index is -0.865. The molecule has 0 atom stereocenters. The molecule has 0 heterocycles. The van der Waals surface area contributed by atoms with E-state index in [4.69, 9.17) is 10.8 Å². The van der Waals surface area contributed by atoms with Crippen LogP contribution in [-0.4, -0.2) is 36.7 Å². The van der Waals surface area contributed by atoms with Gasteiger partial charge in [-0.15, -0.1) is 0 Å². The number of carbonyl (C=O) groups excluding carboxylic acids is 1. The molecule has 3 N–H and O–H groups in total. The van der Waals surface area contributed by atoms with Crippen LogP contribution in [0, 0.1) is 0 Å². The summed E-state index contributed by atoms with van der Waals surface area (Å²) in [5.74, 6) is 0. The van der Waals surface area contributed by atoms with E-state index in [0.29, 0.717) is 5.23 Å². The average molecular weight is 150 g/mol. The molecule has 10 heavy (non-hydrogen) atoms. The van der Waals surface area contributed by atoms with Gasteiger partial charge in [0.2, 0.25) is 0 Å². The lowest BCUT2D eigenvalue weighted by Gasteiger charge is -2.14. The van der Waals surface area contributed by atoms with Crippen molar-refractivity contribution in [3.8, 4) is 0 Å². The minimum Gasteiger partial charge on any atom is -0.394 e. The predicted molar refractivity (Wildman–Crippen MR) is 31.5 cm³/mol. The van der Waals surface area contributed by atoms with E-state index >= 15 is 0 Å². The maximum Gasteiger partial charge on any atom is 0.364 e. The molecule has 0 aliphatic rings. The van der Waals surface area contributed by atoms with Gasteiger partial charge in [-0.05, 0) is 0 Å². The first-order valence-corrected chi connectivity index (χ1v) is 2.59. The maximum absolute atomic E-state index is 10.3. The van der Waals surface area contributed by atoms with Crippen LogP contribution in [0.3, 0.4) is 0 Å². The van der Waals surface area contributed by atoms with Gasteiger partial charge >= 0.3 is 6.03 Å². The van der Waals surface area contributed by atoms with Crippen molar-refractivity contribution in [1.29, 1.82) is 0 Å². The molecule has 0 aliphatic carbocycles. The second-order valence-electron chi connectivity index (χ2n) is 1.33. The van der Waals surface area contributed by atoms with E-state index < -0.39 is 6.03 Å². The molecule has 0 saturated carbocycles. The second kappa shape index (κ2) is 4.98. The fraction of sp³-hybridized carbons (Fsp3) is 0.750. The van der Waals surface area contributed by atoms with E-state index in [-0.39, 0.29) is 13.2 Å². The number of aliphatic hydroxyl groups is 1. The molecule has 0 aromatic heterocycles. The number of hydroxylamine groups is 2. The third kappa shape index (κ3) is 3.23. The van der Waals surface area contributed by atoms with Crippen molar-refractivity contribution in [3.05, 3.63) is 0 Å². The quantitative estimate of drug-likeness (QED) is 0.495. The summed E-state index contributed by atoms with van der Waals surface area (Å²) in [4.78, 5) is 19.1. The van der Waals surface area contributed by atoms with Crippen LogP contribution in [0.25, 0.3) is 0 Å². The molecule has 0 saturated heterocycles. The van der Waals surface area contributed by atoms with Crippen molar-refractivity contribution >= 4 is 6.03 Å². The van der Waals surface area contributed by atoms with Crippen LogP contribution in [-0.2, 0) is 9.68 Å². The Kier molecular flexibility index (Phi) is 4.55. The van der Waals surface area contributed by atoms with Crippen LogP contribution >= 0.6 is 0 Å². The van der Waals surface area contributed by atoms with E-state index in [9.17, 15) is 4.79 Å². The summed E-state index contributed by atoms with van der Waals surface area (Å²) >= 11 is 0. The number of hydrogen-bond donors (Lipinski definition) is 2. The van der Waals surface area contributed by atoms with Crippen LogP contribution in [0.1, 0.15) is 0 Å². The highest BCUT2D eigenvalue weighted by Crippen LogP contribution is 1.87. The Labute approximate surface area is 58.0 Å². The van der Waals surface area contributed by atoms with E-state index in [1.54, 1.807) is 0 Å². The highest BCUT2D eigenvalue weighted by Gasteiger charge is 2.07. The van der Waals surface area contributed by atoms with Gasteiger partial charge in [0.05, 0.1) is 13.7 Å². The summed E-state index contributed by atoms with van der Waals surface area (Å²) in [7, 11) is 1.22. The Hall–Kier alpha value is -0.850. The number of aliphatic hydroxyl groups excluding tert-OH is 1. The number of primary amides is 1. The van der Waals surface area contributed by atoms with E-state index in [1.165, 1.54) is 7.11 Å². The normalized spacial score (nSPS) is 9.40. The van der Waals surface area contributed by atoms with Gasteiger partial charge in [-0.25, -0.2) is 14.5 Å². The number of carbonyl (C=O) groups is 1. The van der Waals surface area contributed by atoms with Gasteiger partial charge in [-0.3, -0.25) is 0 Å². The van der Waals surface area contributed by atoms with E-state index in [1.807, 2.05) is 0 Å². The molecule has 0 aromatic rings. The zero-order chi connectivity index (χ0) is 7.98. The summed E-state index contributed by atoms with van der Waals surface area (Å²) in [5, 5.41) is 8.72. The SMILES string of the molecule is CON(OCCO)C(N)=O. The van der Waals surface area contributed by atoms with Gasteiger partial charge in [0, 0.05) is 0 Å². The molecule has 2 amide bonds. The molecule has 0 bridgehead atoms. The number of rotatable bonds is 4. The van der Waals surface area contributed by atoms with Gasteiger partial charge < -0.3 is 10.8 Å². The summed E-state index contributed by atoms with van der Waals surface area (Å²) in [6.07, 6.45) is 0. The predicted octanol–water partition coefficient (Wildman–Crippen LogP) is -1.15. The summed E-state index contributed by atoms with van der Waals surface area (Å²) in [6.45, 7) is -0.232. The van der Waals surface area contributed by atoms with Crippen LogP contribution in [0.5, 0.6) is 0 Å². The summed E-state index contributed by atoms with van der Waals surface area (Å²) < 4.78 is 0. The third-order valence-electron chi connectivity index (χ3n) is 0.646. The number of urea groups is 1. The van der Waals surface area contributed by atoms with Crippen LogP contribution < -0.4 is 5.73 Å². The van der Waals surface area contributed by atoms with Crippen molar-refractivity contribution in [2.75, 3.05) is 20.3 Å². The topological polar surface area (TPSA) is 85.0 Å². The van der Waals surface area contributed by atoms with Gasteiger partial charge in [-0.1, -0.05) is 5.23 Å². The zero-order valence-corrected chi connectivity index (χ0v) is 5.61. The first kappa shape index (κ1) is 9.15. The molecule has 0 aromatic carbocycles. The first-order valence-electron chi connectivity index (χ1n) is 2.59. The summed E-state index contributed by atoms with van der Waals surface area (Å²) in [5.41, 5.74) is 4.74. The molecular formula is C4H10N2O4. The van der Waals surface area contributed by atoms with Crippen LogP contribution in [0.4, 0.5) is 4.79 Å². The fourth-order valence-electron chi connectivity index (χ4n) is 0.330. The molecule has 6 nitrogen and oxygen atoms in total. The monoisotopic (exact) mass is 150 g/mol. The average Bonchev–Trinajstić information content (AvgIpc) is 1.89. The van der Waals surface area contributed by atoms with Crippen molar-refractivity contribution in [1.82, 2.24) is 5.23 Å². The van der Waals surface area contributed by atoms with Crippen molar-refractivity contribution in [2.24, 2.45) is 5.73 Å². The molecule has 0 radical (unpaired) electrons. The Bertz CT molecular complexity index is 107. The number of hydrogen-bond acceptors (Lipinski definition) is 4. The van der Waals surface area contributed by atoms with E-state index in [2.05, 4.69) is 9.68 Å². The molecule has 0 rings (SSSR count). The zero-order valence-electron chi connectivity index (χ0n) is 5.61. The van der Waals surface area contributed by atoms with Crippen LogP contribution in [0.15, 0.2) is 0 Å². The smallest absolute Gasteiger partial charge is 0.364 e. The number of nitrogens with two attached hydrogens (primary N) is 1. The van der Waals surface area contributed by atoms with Gasteiger partial charge in [0.15, 0.2) is 0 Å². The van der Waals surface area contributed by atoms with Gasteiger partial charge in [-0.2, -0.15) is 0 Å². The molecule has 0 fully saturated rings. The molecule has 6 heteroatoms. The molecule has 0 unspecified atom stereocenters. The fourth-order valence-corrected chi connectivity index (χ4v) is 0.330. The van der Waals surface area contributed by atoms with Crippen molar-refractivity contribution in [2.45, 2.75) is 0 Å². The number of nitrogens with zero attached hydrogens (tertiary/aromatic N) is 1. The van der Waals surface area contributed by atoms with Gasteiger partial charge in [0.1, 0.15) is 6.61 Å². The third-order valence-corrected chi connectivity index (χ3v) is 0.646. The Balaban J connectivity index is 3.50. The molecular weight excluding hydrogens is 140 g/mol. The molecule has 0 aliphatic heterocycles. The highest BCUT2D eigenvalue weighted by molar-refractivity contribution is 5.69. The summed E-state index contributed by atoms with van der Waals surface area (Å²) in [6, 6.07) is -0.865. The Morgan fingerprint density at radius 2 is 2.40 bits per heavy atom. The lowest BCUT2D eigenvalue weighted by molar-refractivity contribution is -0.313. The second-order valence-corrected chi connectivity index (χ2v) is 1.33. The number of amides is 2. The lowest BCUT2D eigenvalue weighted by Crippen LogP contribution is -2.35. The largest absolute Gasteiger partial charge is 0.394 e.